The molecule has 1 aromatic carbocycles. The van der Waals surface area contributed by atoms with E-state index < -0.39 is 0 Å². The predicted octanol–water partition coefficient (Wildman–Crippen LogP) is 3.33. The molecule has 2 heteroatoms. The Balaban J connectivity index is 2.03. The Bertz CT molecular complexity index is 284. The Labute approximate surface area is 99.2 Å². The van der Waals surface area contributed by atoms with Crippen molar-refractivity contribution in [2.24, 2.45) is 0 Å². The fraction of sp³-hybridized carbons (Fsp3) is 0.571. The van der Waals surface area contributed by atoms with Crippen molar-refractivity contribution in [1.29, 1.82) is 0 Å². The zero-order chi connectivity index (χ0) is 11.6. The number of anilines is 1. The minimum atomic E-state index is 0.849. The molecule has 0 aliphatic rings. The van der Waals surface area contributed by atoms with Crippen LogP contribution in [-0.4, -0.2) is 6.54 Å². The van der Waals surface area contributed by atoms with Crippen molar-refractivity contribution >= 4 is 5.69 Å². The molecule has 2 nitrogen and oxygen atoms in total. The van der Waals surface area contributed by atoms with E-state index in [1.165, 1.54) is 37.7 Å². The highest BCUT2D eigenvalue weighted by atomic mass is 14.8. The van der Waals surface area contributed by atoms with Gasteiger partial charge in [0.15, 0.2) is 0 Å². The molecule has 3 N–H and O–H groups in total. The number of hydrogen-bond donors (Lipinski definition) is 2. The van der Waals surface area contributed by atoms with E-state index in [-0.39, 0.29) is 0 Å². The second-order valence-corrected chi connectivity index (χ2v) is 4.34. The fourth-order valence-corrected chi connectivity index (χ4v) is 1.79. The highest BCUT2D eigenvalue weighted by Crippen LogP contribution is 2.06. The molecule has 16 heavy (non-hydrogen) atoms. The van der Waals surface area contributed by atoms with Crippen molar-refractivity contribution in [1.82, 2.24) is 5.32 Å². The first-order chi connectivity index (χ1) is 7.83. The Kier molecular flexibility index (Phi) is 6.66. The van der Waals surface area contributed by atoms with Crippen LogP contribution in [0.1, 0.15) is 44.6 Å². The van der Waals surface area contributed by atoms with E-state index in [0.717, 1.165) is 18.8 Å². The smallest absolute Gasteiger partial charge is 0.0317 e. The summed E-state index contributed by atoms with van der Waals surface area (Å²) in [5.41, 5.74) is 7.84. The van der Waals surface area contributed by atoms with Gasteiger partial charge in [0.25, 0.3) is 0 Å². The third-order valence-corrected chi connectivity index (χ3v) is 2.74. The van der Waals surface area contributed by atoms with Crippen LogP contribution in [0.3, 0.4) is 0 Å². The molecule has 0 aromatic heterocycles. The first-order valence-corrected chi connectivity index (χ1v) is 6.38. The summed E-state index contributed by atoms with van der Waals surface area (Å²) in [6, 6.07) is 8.08. The van der Waals surface area contributed by atoms with Crippen LogP contribution in [0.15, 0.2) is 24.3 Å². The minimum Gasteiger partial charge on any atom is -0.399 e. The Morgan fingerprint density at radius 3 is 2.69 bits per heavy atom. The van der Waals surface area contributed by atoms with Crippen LogP contribution in [0, 0.1) is 0 Å². The second-order valence-electron chi connectivity index (χ2n) is 4.34. The maximum Gasteiger partial charge on any atom is 0.0317 e. The number of benzene rings is 1. The van der Waals surface area contributed by atoms with Crippen molar-refractivity contribution in [2.75, 3.05) is 12.3 Å². The molecule has 1 rings (SSSR count). The van der Waals surface area contributed by atoms with Crippen molar-refractivity contribution in [2.45, 2.75) is 45.6 Å². The van der Waals surface area contributed by atoms with Crippen LogP contribution >= 0.6 is 0 Å². The monoisotopic (exact) mass is 220 g/mol. The van der Waals surface area contributed by atoms with E-state index in [4.69, 9.17) is 5.73 Å². The number of nitrogens with two attached hydrogens (primary N) is 1. The lowest BCUT2D eigenvalue weighted by Gasteiger charge is -2.05. The van der Waals surface area contributed by atoms with Gasteiger partial charge in [-0.2, -0.15) is 0 Å². The molecule has 0 radical (unpaired) electrons. The third-order valence-electron chi connectivity index (χ3n) is 2.74. The number of nitrogen functional groups attached to an aromatic ring is 1. The summed E-state index contributed by atoms with van der Waals surface area (Å²) in [6.07, 6.45) is 6.68. The van der Waals surface area contributed by atoms with Gasteiger partial charge in [-0.15, -0.1) is 0 Å². The summed E-state index contributed by atoms with van der Waals surface area (Å²) in [6.45, 7) is 4.29. The van der Waals surface area contributed by atoms with Gasteiger partial charge in [0.1, 0.15) is 0 Å². The maximum atomic E-state index is 5.72. The van der Waals surface area contributed by atoms with Crippen LogP contribution in [0.5, 0.6) is 0 Å². The molecule has 0 atom stereocenters. The zero-order valence-electron chi connectivity index (χ0n) is 10.3. The highest BCUT2D eigenvalue weighted by molar-refractivity contribution is 5.40. The average Bonchev–Trinajstić information content (AvgIpc) is 2.28. The molecule has 90 valence electrons. The van der Waals surface area contributed by atoms with Gasteiger partial charge in [-0.3, -0.25) is 0 Å². The Morgan fingerprint density at radius 2 is 1.94 bits per heavy atom. The first-order valence-electron chi connectivity index (χ1n) is 6.38. The van der Waals surface area contributed by atoms with Gasteiger partial charge < -0.3 is 11.1 Å². The molecule has 0 aliphatic heterocycles. The van der Waals surface area contributed by atoms with Gasteiger partial charge >= 0.3 is 0 Å². The van der Waals surface area contributed by atoms with Crippen molar-refractivity contribution in [3.8, 4) is 0 Å². The summed E-state index contributed by atoms with van der Waals surface area (Å²) >= 11 is 0. The lowest BCUT2D eigenvalue weighted by atomic mass is 10.1. The standard InChI is InChI=1S/C14H24N2/c1-2-3-4-5-6-10-16-12-13-8-7-9-14(15)11-13/h7-9,11,16H,2-6,10,12,15H2,1H3. The Morgan fingerprint density at radius 1 is 1.12 bits per heavy atom. The molecule has 0 fully saturated rings. The quantitative estimate of drug-likeness (QED) is 0.521. The third kappa shape index (κ3) is 5.76. The normalized spacial score (nSPS) is 10.6. The fourth-order valence-electron chi connectivity index (χ4n) is 1.79. The van der Waals surface area contributed by atoms with Gasteiger partial charge in [-0.05, 0) is 30.7 Å². The topological polar surface area (TPSA) is 38.0 Å². The molecular formula is C14H24N2. The summed E-state index contributed by atoms with van der Waals surface area (Å²) in [7, 11) is 0. The van der Waals surface area contributed by atoms with E-state index in [9.17, 15) is 0 Å². The van der Waals surface area contributed by atoms with Crippen LogP contribution < -0.4 is 11.1 Å². The molecular weight excluding hydrogens is 196 g/mol. The van der Waals surface area contributed by atoms with Crippen molar-refractivity contribution in [3.05, 3.63) is 29.8 Å². The Hall–Kier alpha value is -1.02. The largest absolute Gasteiger partial charge is 0.399 e. The minimum absolute atomic E-state index is 0.849. The molecule has 0 aliphatic carbocycles. The van der Waals surface area contributed by atoms with Crippen LogP contribution in [0.25, 0.3) is 0 Å². The van der Waals surface area contributed by atoms with E-state index in [1.54, 1.807) is 0 Å². The van der Waals surface area contributed by atoms with Gasteiger partial charge in [0, 0.05) is 12.2 Å². The molecule has 0 saturated heterocycles. The molecule has 0 heterocycles. The molecule has 0 bridgehead atoms. The van der Waals surface area contributed by atoms with Crippen molar-refractivity contribution < 1.29 is 0 Å². The first kappa shape index (κ1) is 13.0. The van der Waals surface area contributed by atoms with Gasteiger partial charge in [-0.1, -0.05) is 44.7 Å². The summed E-state index contributed by atoms with van der Waals surface area (Å²) in [5, 5.41) is 3.45. The molecule has 0 spiro atoms. The average molecular weight is 220 g/mol. The predicted molar refractivity (Wildman–Crippen MR) is 71.3 cm³/mol. The summed E-state index contributed by atoms with van der Waals surface area (Å²) in [5.74, 6) is 0. The highest BCUT2D eigenvalue weighted by Gasteiger charge is 1.93. The van der Waals surface area contributed by atoms with Crippen LogP contribution in [0.2, 0.25) is 0 Å². The summed E-state index contributed by atoms with van der Waals surface area (Å²) < 4.78 is 0. The summed E-state index contributed by atoms with van der Waals surface area (Å²) in [4.78, 5) is 0. The lowest BCUT2D eigenvalue weighted by Crippen LogP contribution is -2.14. The van der Waals surface area contributed by atoms with Gasteiger partial charge in [-0.25, -0.2) is 0 Å². The van der Waals surface area contributed by atoms with Crippen LogP contribution in [0.4, 0.5) is 5.69 Å². The van der Waals surface area contributed by atoms with E-state index in [0.29, 0.717) is 0 Å². The van der Waals surface area contributed by atoms with E-state index >= 15 is 0 Å². The maximum absolute atomic E-state index is 5.72. The lowest BCUT2D eigenvalue weighted by molar-refractivity contribution is 0.583. The van der Waals surface area contributed by atoms with Crippen LogP contribution in [-0.2, 0) is 6.54 Å². The number of unbranched alkanes of at least 4 members (excludes halogenated alkanes) is 4. The van der Waals surface area contributed by atoms with Gasteiger partial charge in [0.05, 0.1) is 0 Å². The van der Waals surface area contributed by atoms with Crippen molar-refractivity contribution in [3.63, 3.8) is 0 Å². The second kappa shape index (κ2) is 8.17. The van der Waals surface area contributed by atoms with E-state index in [1.807, 2.05) is 18.2 Å². The number of nitrogens with one attached hydrogen (secondary N) is 1. The zero-order valence-corrected chi connectivity index (χ0v) is 10.3. The molecule has 1 aromatic rings. The SMILES string of the molecule is CCCCCCCNCc1cccc(N)c1. The number of hydrogen-bond acceptors (Lipinski definition) is 2. The van der Waals surface area contributed by atoms with E-state index in [2.05, 4.69) is 18.3 Å². The molecule has 0 saturated carbocycles. The number of rotatable bonds is 8. The molecule has 0 unspecified atom stereocenters. The molecule has 0 amide bonds. The van der Waals surface area contributed by atoms with Gasteiger partial charge in [0.2, 0.25) is 0 Å².